The Labute approximate surface area is 183 Å². The largest absolute Gasteiger partial charge is 0.415 e. The molecular formula is C19H46O6Si4. The molecule has 1 aliphatic rings. The van der Waals surface area contributed by atoms with Crippen LogP contribution < -0.4 is 0 Å². The minimum atomic E-state index is -1.88. The molecular weight excluding hydrogens is 437 g/mol. The SMILES string of the molecule is CO[C@@H]1[C@@H](O[Si](C)(C)C)[C@H](O[Si](C)(C)C)C(O[Si](C)(C)C)O[C@H]1CO[Si](C)(C)C. The van der Waals surface area contributed by atoms with E-state index in [2.05, 4.69) is 78.6 Å². The zero-order chi connectivity index (χ0) is 22.8. The predicted octanol–water partition coefficient (Wildman–Crippen LogP) is 4.87. The lowest BCUT2D eigenvalue weighted by molar-refractivity contribution is -0.276. The summed E-state index contributed by atoms with van der Waals surface area (Å²) in [5.74, 6) is 0. The minimum absolute atomic E-state index is 0.247. The molecule has 1 unspecified atom stereocenters. The van der Waals surface area contributed by atoms with E-state index in [1.54, 1.807) is 7.11 Å². The molecule has 6 nitrogen and oxygen atoms in total. The Balaban J connectivity index is 3.31. The van der Waals surface area contributed by atoms with Crippen molar-refractivity contribution in [3.63, 3.8) is 0 Å². The maximum atomic E-state index is 6.67. The lowest BCUT2D eigenvalue weighted by Crippen LogP contribution is -2.66. The molecule has 0 bridgehead atoms. The summed E-state index contributed by atoms with van der Waals surface area (Å²) in [5, 5.41) is 0. The van der Waals surface area contributed by atoms with Crippen molar-refractivity contribution in [2.24, 2.45) is 0 Å². The smallest absolute Gasteiger partial charge is 0.187 e. The molecule has 0 radical (unpaired) electrons. The van der Waals surface area contributed by atoms with Gasteiger partial charge in [0, 0.05) is 7.11 Å². The molecule has 1 saturated heterocycles. The summed E-state index contributed by atoms with van der Waals surface area (Å²) in [6.45, 7) is 26.7. The Bertz CT molecular complexity index is 507. The van der Waals surface area contributed by atoms with Crippen molar-refractivity contribution in [3.8, 4) is 0 Å². The molecule has 0 amide bonds. The van der Waals surface area contributed by atoms with Crippen molar-refractivity contribution in [1.29, 1.82) is 0 Å². The second-order valence-corrected chi connectivity index (χ2v) is 29.7. The molecule has 1 aliphatic heterocycles. The van der Waals surface area contributed by atoms with Crippen LogP contribution in [-0.2, 0) is 27.2 Å². The summed E-state index contributed by atoms with van der Waals surface area (Å²) < 4.78 is 38.4. The van der Waals surface area contributed by atoms with Crippen molar-refractivity contribution in [2.45, 2.75) is 109 Å². The summed E-state index contributed by atoms with van der Waals surface area (Å²) in [6, 6.07) is 0. The summed E-state index contributed by atoms with van der Waals surface area (Å²) in [6.07, 6.45) is -1.55. The van der Waals surface area contributed by atoms with E-state index in [0.717, 1.165) is 0 Å². The topological polar surface area (TPSA) is 55.4 Å². The molecule has 0 aromatic carbocycles. The monoisotopic (exact) mass is 482 g/mol. The van der Waals surface area contributed by atoms with Gasteiger partial charge in [-0.2, -0.15) is 0 Å². The van der Waals surface area contributed by atoms with E-state index < -0.39 is 39.6 Å². The van der Waals surface area contributed by atoms with E-state index in [-0.39, 0.29) is 24.4 Å². The first kappa shape index (κ1) is 27.7. The van der Waals surface area contributed by atoms with E-state index in [9.17, 15) is 0 Å². The molecule has 1 rings (SSSR count). The van der Waals surface area contributed by atoms with Crippen LogP contribution in [0.1, 0.15) is 0 Å². The quantitative estimate of drug-likeness (QED) is 0.414. The second kappa shape index (κ2) is 10.1. The van der Waals surface area contributed by atoms with Gasteiger partial charge in [0.25, 0.3) is 0 Å². The first-order valence-corrected chi connectivity index (χ1v) is 24.3. The van der Waals surface area contributed by atoms with E-state index >= 15 is 0 Å². The number of hydrogen-bond acceptors (Lipinski definition) is 6. The van der Waals surface area contributed by atoms with Crippen LogP contribution in [0.3, 0.4) is 0 Å². The number of methoxy groups -OCH3 is 1. The average molecular weight is 483 g/mol. The van der Waals surface area contributed by atoms with Crippen LogP contribution in [0.25, 0.3) is 0 Å². The lowest BCUT2D eigenvalue weighted by Gasteiger charge is -2.50. The van der Waals surface area contributed by atoms with Crippen molar-refractivity contribution in [3.05, 3.63) is 0 Å². The lowest BCUT2D eigenvalue weighted by atomic mass is 9.99. The van der Waals surface area contributed by atoms with Gasteiger partial charge >= 0.3 is 0 Å². The molecule has 0 aliphatic carbocycles. The Morgan fingerprint density at radius 1 is 0.586 bits per heavy atom. The first-order valence-electron chi connectivity index (χ1n) is 10.7. The molecule has 174 valence electrons. The molecule has 0 aromatic rings. The normalized spacial score (nSPS) is 29.9. The van der Waals surface area contributed by atoms with Crippen LogP contribution in [0, 0.1) is 0 Å². The average Bonchev–Trinajstić information content (AvgIpc) is 2.43. The highest BCUT2D eigenvalue weighted by molar-refractivity contribution is 6.71. The van der Waals surface area contributed by atoms with Gasteiger partial charge in [-0.05, 0) is 78.6 Å². The number of ether oxygens (including phenoxy) is 2. The predicted molar refractivity (Wildman–Crippen MR) is 130 cm³/mol. The van der Waals surface area contributed by atoms with E-state index in [1.165, 1.54) is 0 Å². The Kier molecular flexibility index (Phi) is 9.59. The maximum Gasteiger partial charge on any atom is 0.187 e. The van der Waals surface area contributed by atoms with E-state index in [4.69, 9.17) is 27.2 Å². The molecule has 1 fully saturated rings. The Morgan fingerprint density at radius 3 is 1.41 bits per heavy atom. The highest BCUT2D eigenvalue weighted by atomic mass is 28.4. The molecule has 0 saturated carbocycles. The van der Waals surface area contributed by atoms with Crippen molar-refractivity contribution in [1.82, 2.24) is 0 Å². The molecule has 5 atom stereocenters. The van der Waals surface area contributed by atoms with Gasteiger partial charge in [0.05, 0.1) is 6.61 Å². The Hall–Kier alpha value is 0.628. The van der Waals surface area contributed by atoms with Crippen molar-refractivity contribution in [2.75, 3.05) is 13.7 Å². The fraction of sp³-hybridized carbons (Fsp3) is 1.00. The molecule has 29 heavy (non-hydrogen) atoms. The molecule has 1 heterocycles. The zero-order valence-corrected chi connectivity index (χ0v) is 25.0. The van der Waals surface area contributed by atoms with Crippen LogP contribution in [-0.4, -0.2) is 77.7 Å². The van der Waals surface area contributed by atoms with Crippen LogP contribution in [0.4, 0.5) is 0 Å². The van der Waals surface area contributed by atoms with Gasteiger partial charge in [0.2, 0.25) is 0 Å². The third-order valence-corrected chi connectivity index (χ3v) is 7.92. The van der Waals surface area contributed by atoms with Crippen LogP contribution in [0.5, 0.6) is 0 Å². The summed E-state index contributed by atoms with van der Waals surface area (Å²) in [7, 11) is -5.61. The molecule has 0 spiro atoms. The van der Waals surface area contributed by atoms with Gasteiger partial charge in [-0.15, -0.1) is 0 Å². The number of hydrogen-bond donors (Lipinski definition) is 0. The van der Waals surface area contributed by atoms with E-state index in [1.807, 2.05) is 0 Å². The second-order valence-electron chi connectivity index (χ2n) is 11.8. The minimum Gasteiger partial charge on any atom is -0.415 e. The van der Waals surface area contributed by atoms with Crippen molar-refractivity contribution < 1.29 is 27.2 Å². The van der Waals surface area contributed by atoms with Gasteiger partial charge in [-0.3, -0.25) is 0 Å². The van der Waals surface area contributed by atoms with Gasteiger partial charge in [-0.1, -0.05) is 0 Å². The standard InChI is InChI=1S/C19H46O6Si4/c1-20-16-15(14-21-26(2,3)4)22-19(25-29(11,12)13)18(24-28(8,9)10)17(16)23-27(5,6)7/h15-19H,14H2,1-13H3/t15-,16-,17+,18-,19?/m0/s1. The van der Waals surface area contributed by atoms with Gasteiger partial charge in [-0.25, -0.2) is 0 Å². The van der Waals surface area contributed by atoms with Gasteiger partial charge in [0.15, 0.2) is 39.6 Å². The Morgan fingerprint density at radius 2 is 1.03 bits per heavy atom. The molecule has 0 aromatic heterocycles. The van der Waals surface area contributed by atoms with Gasteiger partial charge in [0.1, 0.15) is 24.4 Å². The molecule has 10 heteroatoms. The van der Waals surface area contributed by atoms with Crippen LogP contribution in [0.2, 0.25) is 78.6 Å². The van der Waals surface area contributed by atoms with Crippen LogP contribution in [0.15, 0.2) is 0 Å². The zero-order valence-electron chi connectivity index (χ0n) is 21.0. The van der Waals surface area contributed by atoms with Crippen LogP contribution >= 0.6 is 0 Å². The maximum absolute atomic E-state index is 6.67. The fourth-order valence-electron chi connectivity index (χ4n) is 3.15. The fourth-order valence-corrected chi connectivity index (χ4v) is 6.85. The third-order valence-electron chi connectivity index (χ3n) is 3.99. The molecule has 0 N–H and O–H groups in total. The first-order chi connectivity index (χ1) is 12.8. The summed E-state index contributed by atoms with van der Waals surface area (Å²) in [5.41, 5.74) is 0. The van der Waals surface area contributed by atoms with Crippen molar-refractivity contribution >= 4 is 33.3 Å². The van der Waals surface area contributed by atoms with Gasteiger partial charge < -0.3 is 27.2 Å². The highest BCUT2D eigenvalue weighted by Gasteiger charge is 2.51. The third kappa shape index (κ3) is 10.7. The highest BCUT2D eigenvalue weighted by Crippen LogP contribution is 2.34. The summed E-state index contributed by atoms with van der Waals surface area (Å²) in [4.78, 5) is 0. The summed E-state index contributed by atoms with van der Waals surface area (Å²) >= 11 is 0. The van der Waals surface area contributed by atoms with E-state index in [0.29, 0.717) is 6.61 Å². The number of rotatable bonds is 10.